The molecule has 0 atom stereocenters. The number of hydrogen-bond donors (Lipinski definition) is 3. The van der Waals surface area contributed by atoms with Crippen molar-refractivity contribution in [1.82, 2.24) is 4.98 Å². The van der Waals surface area contributed by atoms with Gasteiger partial charge in [0.25, 0.3) is 10.1 Å². The van der Waals surface area contributed by atoms with Crippen molar-refractivity contribution in [3.05, 3.63) is 17.5 Å². The number of aliphatic hydroxyl groups excluding tert-OH is 1. The molecular weight excluding hydrogens is 272 g/mol. The van der Waals surface area contributed by atoms with Crippen molar-refractivity contribution in [2.45, 2.75) is 20.0 Å². The molecule has 108 valence electrons. The molecule has 1 heterocycles. The molecule has 0 aliphatic carbocycles. The van der Waals surface area contributed by atoms with Crippen molar-refractivity contribution in [2.75, 3.05) is 24.2 Å². The summed E-state index contributed by atoms with van der Waals surface area (Å²) in [5, 5.41) is 19.2. The van der Waals surface area contributed by atoms with Crippen LogP contribution in [-0.2, 0) is 16.7 Å². The molecule has 1 aromatic rings. The Bertz CT molecular complexity index is 544. The van der Waals surface area contributed by atoms with Crippen LogP contribution in [0.3, 0.4) is 0 Å². The second-order valence-corrected chi connectivity index (χ2v) is 5.86. The van der Waals surface area contributed by atoms with E-state index >= 15 is 0 Å². The SMILES string of the molecule is Cc1ncc(CO)c(N(C)CCCS(=O)(=O)O)c1O. The largest absolute Gasteiger partial charge is 0.504 e. The highest BCUT2D eigenvalue weighted by atomic mass is 32.2. The molecule has 0 unspecified atom stereocenters. The Hall–Kier alpha value is -1.38. The summed E-state index contributed by atoms with van der Waals surface area (Å²) < 4.78 is 29.9. The van der Waals surface area contributed by atoms with Gasteiger partial charge in [-0.2, -0.15) is 8.42 Å². The molecule has 0 aromatic carbocycles. The van der Waals surface area contributed by atoms with Crippen LogP contribution < -0.4 is 4.90 Å². The first kappa shape index (κ1) is 15.7. The number of aliphatic hydroxyl groups is 1. The van der Waals surface area contributed by atoms with Gasteiger partial charge in [0.15, 0.2) is 5.75 Å². The normalized spacial score (nSPS) is 11.6. The Morgan fingerprint density at radius 3 is 2.58 bits per heavy atom. The van der Waals surface area contributed by atoms with E-state index in [0.717, 1.165) is 0 Å². The zero-order valence-electron chi connectivity index (χ0n) is 10.9. The highest BCUT2D eigenvalue weighted by molar-refractivity contribution is 7.85. The van der Waals surface area contributed by atoms with Gasteiger partial charge in [0.05, 0.1) is 23.7 Å². The fourth-order valence-corrected chi connectivity index (χ4v) is 2.25. The average molecular weight is 290 g/mol. The van der Waals surface area contributed by atoms with Gasteiger partial charge >= 0.3 is 0 Å². The third kappa shape index (κ3) is 4.34. The number of aromatic nitrogens is 1. The summed E-state index contributed by atoms with van der Waals surface area (Å²) >= 11 is 0. The first-order chi connectivity index (χ1) is 8.76. The lowest BCUT2D eigenvalue weighted by Gasteiger charge is -2.23. The molecule has 8 heteroatoms. The van der Waals surface area contributed by atoms with Crippen molar-refractivity contribution in [2.24, 2.45) is 0 Å². The maximum absolute atomic E-state index is 10.6. The number of hydrogen-bond acceptors (Lipinski definition) is 6. The van der Waals surface area contributed by atoms with Gasteiger partial charge in [-0.3, -0.25) is 9.54 Å². The lowest BCUT2D eigenvalue weighted by Crippen LogP contribution is -2.22. The molecule has 0 bridgehead atoms. The Balaban J connectivity index is 2.87. The number of nitrogens with zero attached hydrogens (tertiary/aromatic N) is 2. The molecule has 0 saturated carbocycles. The van der Waals surface area contributed by atoms with E-state index in [1.165, 1.54) is 6.20 Å². The molecule has 7 nitrogen and oxygen atoms in total. The van der Waals surface area contributed by atoms with E-state index in [9.17, 15) is 18.6 Å². The molecule has 0 aliphatic heterocycles. The second kappa shape index (κ2) is 6.18. The minimum Gasteiger partial charge on any atom is -0.504 e. The third-order valence-corrected chi connectivity index (χ3v) is 3.54. The minimum absolute atomic E-state index is 0.0408. The van der Waals surface area contributed by atoms with Gasteiger partial charge in [0.1, 0.15) is 0 Å². The molecule has 0 spiro atoms. The standard InChI is InChI=1S/C11H18N2O5S/c1-8-11(15)10(9(7-14)6-12-8)13(2)4-3-5-19(16,17)18/h6,14-15H,3-5,7H2,1-2H3,(H,16,17,18). The topological polar surface area (TPSA) is 111 Å². The summed E-state index contributed by atoms with van der Waals surface area (Å²) in [6.07, 6.45) is 1.67. The number of pyridine rings is 1. The zero-order chi connectivity index (χ0) is 14.6. The van der Waals surface area contributed by atoms with E-state index < -0.39 is 10.1 Å². The van der Waals surface area contributed by atoms with Gasteiger partial charge in [-0.05, 0) is 13.3 Å². The molecule has 19 heavy (non-hydrogen) atoms. The zero-order valence-corrected chi connectivity index (χ0v) is 11.7. The van der Waals surface area contributed by atoms with Crippen LogP contribution in [0.25, 0.3) is 0 Å². The summed E-state index contributed by atoms with van der Waals surface area (Å²) in [5.41, 5.74) is 1.30. The summed E-state index contributed by atoms with van der Waals surface area (Å²) in [6.45, 7) is 1.66. The van der Waals surface area contributed by atoms with E-state index in [0.29, 0.717) is 23.5 Å². The summed E-state index contributed by atoms with van der Waals surface area (Å²) in [4.78, 5) is 5.57. The van der Waals surface area contributed by atoms with Gasteiger partial charge in [-0.15, -0.1) is 0 Å². The number of aromatic hydroxyl groups is 1. The average Bonchev–Trinajstić information content (AvgIpc) is 2.30. The van der Waals surface area contributed by atoms with Crippen LogP contribution >= 0.6 is 0 Å². The smallest absolute Gasteiger partial charge is 0.264 e. The van der Waals surface area contributed by atoms with Crippen molar-refractivity contribution in [3.63, 3.8) is 0 Å². The van der Waals surface area contributed by atoms with Gasteiger partial charge < -0.3 is 15.1 Å². The van der Waals surface area contributed by atoms with E-state index in [2.05, 4.69) is 4.98 Å². The highest BCUT2D eigenvalue weighted by Crippen LogP contribution is 2.32. The molecule has 0 amide bonds. The summed E-state index contributed by atoms with van der Waals surface area (Å²) in [5.74, 6) is -0.391. The predicted octanol–water partition coefficient (Wildman–Crippen LogP) is 0.302. The minimum atomic E-state index is -3.99. The number of anilines is 1. The monoisotopic (exact) mass is 290 g/mol. The van der Waals surface area contributed by atoms with Crippen LogP contribution in [0, 0.1) is 6.92 Å². The van der Waals surface area contributed by atoms with Crippen molar-refractivity contribution in [1.29, 1.82) is 0 Å². The van der Waals surface area contributed by atoms with Crippen LogP contribution in [0.15, 0.2) is 6.20 Å². The van der Waals surface area contributed by atoms with Crippen LogP contribution in [0.5, 0.6) is 5.75 Å². The van der Waals surface area contributed by atoms with Gasteiger partial charge in [0.2, 0.25) is 0 Å². The fourth-order valence-electron chi connectivity index (χ4n) is 1.76. The first-order valence-corrected chi connectivity index (χ1v) is 7.31. The van der Waals surface area contributed by atoms with E-state index in [-0.39, 0.29) is 24.5 Å². The summed E-state index contributed by atoms with van der Waals surface area (Å²) in [7, 11) is -2.32. The van der Waals surface area contributed by atoms with Crippen LogP contribution in [0.4, 0.5) is 5.69 Å². The third-order valence-electron chi connectivity index (χ3n) is 2.73. The Morgan fingerprint density at radius 2 is 2.05 bits per heavy atom. The second-order valence-electron chi connectivity index (χ2n) is 4.29. The van der Waals surface area contributed by atoms with Gasteiger partial charge in [0, 0.05) is 25.4 Å². The van der Waals surface area contributed by atoms with Crippen LogP contribution in [0.1, 0.15) is 17.7 Å². The maximum Gasteiger partial charge on any atom is 0.264 e. The molecular formula is C11H18N2O5S. The summed E-state index contributed by atoms with van der Waals surface area (Å²) in [6, 6.07) is 0. The van der Waals surface area contributed by atoms with Crippen molar-refractivity contribution >= 4 is 15.8 Å². The Kier molecular flexibility index (Phi) is 5.10. The fraction of sp³-hybridized carbons (Fsp3) is 0.545. The lowest BCUT2D eigenvalue weighted by atomic mass is 10.1. The van der Waals surface area contributed by atoms with Crippen LogP contribution in [0.2, 0.25) is 0 Å². The van der Waals surface area contributed by atoms with E-state index in [1.807, 2.05) is 0 Å². The molecule has 3 N–H and O–H groups in total. The van der Waals surface area contributed by atoms with Crippen molar-refractivity contribution in [3.8, 4) is 5.75 Å². The van der Waals surface area contributed by atoms with Crippen LogP contribution in [-0.4, -0.2) is 47.5 Å². The molecule has 1 rings (SSSR count). The molecule has 0 saturated heterocycles. The van der Waals surface area contributed by atoms with Gasteiger partial charge in [-0.25, -0.2) is 0 Å². The lowest BCUT2D eigenvalue weighted by molar-refractivity contribution is 0.281. The van der Waals surface area contributed by atoms with Gasteiger partial charge in [-0.1, -0.05) is 0 Å². The van der Waals surface area contributed by atoms with Crippen molar-refractivity contribution < 1.29 is 23.2 Å². The molecule has 0 aliphatic rings. The number of aryl methyl sites for hydroxylation is 1. The molecule has 0 radical (unpaired) electrons. The number of rotatable bonds is 6. The first-order valence-electron chi connectivity index (χ1n) is 5.71. The highest BCUT2D eigenvalue weighted by Gasteiger charge is 2.16. The predicted molar refractivity (Wildman–Crippen MR) is 70.9 cm³/mol. The Labute approximate surface area is 112 Å². The Morgan fingerprint density at radius 1 is 1.42 bits per heavy atom. The quantitative estimate of drug-likeness (QED) is 0.646. The molecule has 1 aromatic heterocycles. The van der Waals surface area contributed by atoms with E-state index in [4.69, 9.17) is 4.55 Å². The maximum atomic E-state index is 10.6. The molecule has 0 fully saturated rings. The van der Waals surface area contributed by atoms with E-state index in [1.54, 1.807) is 18.9 Å².